The van der Waals surface area contributed by atoms with Crippen molar-refractivity contribution in [3.63, 3.8) is 0 Å². The molecule has 4 rings (SSSR count). The van der Waals surface area contributed by atoms with Gasteiger partial charge in [0.25, 0.3) is 5.91 Å². The van der Waals surface area contributed by atoms with Crippen molar-refractivity contribution >= 4 is 22.5 Å². The second-order valence-electron chi connectivity index (χ2n) is 7.80. The molecule has 0 saturated carbocycles. The molecule has 0 aliphatic rings. The standard InChI is InChI=1S/C25H23N5O/c1-15-8-9-23-21(10-15)22(11-16(2)27-23)25(31)28-24-17(3)29-30(18(24)4)14-20-7-5-6-19(12-20)13-26/h5-12H,14H2,1-4H3,(H,28,31). The highest BCUT2D eigenvalue weighted by molar-refractivity contribution is 6.12. The van der Waals surface area contributed by atoms with Gasteiger partial charge in [-0.25, -0.2) is 0 Å². The van der Waals surface area contributed by atoms with Crippen molar-refractivity contribution in [3.8, 4) is 6.07 Å². The number of hydrogen-bond donors (Lipinski definition) is 1. The van der Waals surface area contributed by atoms with Gasteiger partial charge in [-0.2, -0.15) is 10.4 Å². The number of nitrogens with one attached hydrogen (secondary N) is 1. The second kappa shape index (κ2) is 8.04. The Kier molecular flexibility index (Phi) is 5.26. The zero-order chi connectivity index (χ0) is 22.1. The number of carbonyl (C=O) groups excluding carboxylic acids is 1. The molecule has 0 spiro atoms. The van der Waals surface area contributed by atoms with Crippen LogP contribution in [0.3, 0.4) is 0 Å². The molecule has 2 aromatic carbocycles. The summed E-state index contributed by atoms with van der Waals surface area (Å²) in [6.45, 7) is 8.23. The Labute approximate surface area is 181 Å². The summed E-state index contributed by atoms with van der Waals surface area (Å²) in [7, 11) is 0. The molecule has 0 radical (unpaired) electrons. The van der Waals surface area contributed by atoms with Crippen LogP contribution in [0.15, 0.2) is 48.5 Å². The molecule has 6 nitrogen and oxygen atoms in total. The van der Waals surface area contributed by atoms with E-state index in [0.29, 0.717) is 23.4 Å². The van der Waals surface area contributed by atoms with Crippen molar-refractivity contribution in [2.75, 3.05) is 5.32 Å². The lowest BCUT2D eigenvalue weighted by molar-refractivity contribution is 0.102. The fourth-order valence-corrected chi connectivity index (χ4v) is 3.78. The predicted molar refractivity (Wildman–Crippen MR) is 121 cm³/mol. The molecule has 2 aromatic heterocycles. The van der Waals surface area contributed by atoms with Crippen molar-refractivity contribution in [1.82, 2.24) is 14.8 Å². The van der Waals surface area contributed by atoms with Crippen LogP contribution < -0.4 is 5.32 Å². The highest BCUT2D eigenvalue weighted by Crippen LogP contribution is 2.25. The van der Waals surface area contributed by atoms with Crippen LogP contribution in [0.25, 0.3) is 10.9 Å². The first-order chi connectivity index (χ1) is 14.9. The molecular formula is C25H23N5O. The molecule has 1 N–H and O–H groups in total. The van der Waals surface area contributed by atoms with Crippen LogP contribution in [0, 0.1) is 39.0 Å². The van der Waals surface area contributed by atoms with Gasteiger partial charge in [0.1, 0.15) is 0 Å². The van der Waals surface area contributed by atoms with E-state index in [1.807, 2.05) is 74.8 Å². The zero-order valence-electron chi connectivity index (χ0n) is 18.0. The summed E-state index contributed by atoms with van der Waals surface area (Å²) in [6.07, 6.45) is 0. The normalized spacial score (nSPS) is 10.8. The summed E-state index contributed by atoms with van der Waals surface area (Å²) in [6, 6.07) is 17.4. The van der Waals surface area contributed by atoms with E-state index in [9.17, 15) is 4.79 Å². The molecule has 2 heterocycles. The third-order valence-corrected chi connectivity index (χ3v) is 5.35. The number of amides is 1. The maximum Gasteiger partial charge on any atom is 0.256 e. The highest BCUT2D eigenvalue weighted by Gasteiger charge is 2.18. The van der Waals surface area contributed by atoms with Crippen molar-refractivity contribution in [2.45, 2.75) is 34.2 Å². The minimum atomic E-state index is -0.182. The van der Waals surface area contributed by atoms with Crippen LogP contribution in [-0.4, -0.2) is 20.7 Å². The average molecular weight is 409 g/mol. The molecule has 0 saturated heterocycles. The van der Waals surface area contributed by atoms with Gasteiger partial charge in [0.15, 0.2) is 0 Å². The summed E-state index contributed by atoms with van der Waals surface area (Å²) in [5, 5.41) is 17.6. The number of aromatic nitrogens is 3. The number of aryl methyl sites for hydroxylation is 3. The molecule has 0 aliphatic heterocycles. The van der Waals surface area contributed by atoms with Gasteiger partial charge in [0.05, 0.1) is 46.3 Å². The van der Waals surface area contributed by atoms with Crippen LogP contribution in [0.2, 0.25) is 0 Å². The number of anilines is 1. The fourth-order valence-electron chi connectivity index (χ4n) is 3.78. The van der Waals surface area contributed by atoms with Gasteiger partial charge in [-0.15, -0.1) is 0 Å². The van der Waals surface area contributed by atoms with Crippen LogP contribution in [-0.2, 0) is 6.54 Å². The lowest BCUT2D eigenvalue weighted by Crippen LogP contribution is -2.14. The van der Waals surface area contributed by atoms with Crippen molar-refractivity contribution in [3.05, 3.63) is 87.9 Å². The Balaban J connectivity index is 1.66. The Bertz CT molecular complexity index is 1360. The van der Waals surface area contributed by atoms with Gasteiger partial charge in [-0.1, -0.05) is 23.8 Å². The van der Waals surface area contributed by atoms with Gasteiger partial charge >= 0.3 is 0 Å². The lowest BCUT2D eigenvalue weighted by Gasteiger charge is -2.11. The first kappa shape index (κ1) is 20.3. The molecule has 0 bridgehead atoms. The number of pyridine rings is 1. The molecular weight excluding hydrogens is 386 g/mol. The molecule has 0 atom stereocenters. The third-order valence-electron chi connectivity index (χ3n) is 5.35. The molecule has 6 heteroatoms. The SMILES string of the molecule is Cc1ccc2nc(C)cc(C(=O)Nc3c(C)nn(Cc4cccc(C#N)c4)c3C)c2c1. The van der Waals surface area contributed by atoms with Crippen LogP contribution in [0.1, 0.15) is 44.1 Å². The van der Waals surface area contributed by atoms with E-state index >= 15 is 0 Å². The van der Waals surface area contributed by atoms with Gasteiger partial charge in [-0.3, -0.25) is 14.5 Å². The Morgan fingerprint density at radius 1 is 1.10 bits per heavy atom. The molecule has 0 fully saturated rings. The Morgan fingerprint density at radius 3 is 2.68 bits per heavy atom. The van der Waals surface area contributed by atoms with Gasteiger partial charge < -0.3 is 5.32 Å². The maximum atomic E-state index is 13.2. The van der Waals surface area contributed by atoms with E-state index in [4.69, 9.17) is 5.26 Å². The van der Waals surface area contributed by atoms with Crippen LogP contribution >= 0.6 is 0 Å². The summed E-state index contributed by atoms with van der Waals surface area (Å²) in [4.78, 5) is 17.8. The molecule has 1 amide bonds. The Morgan fingerprint density at radius 2 is 1.90 bits per heavy atom. The van der Waals surface area contributed by atoms with Crippen LogP contribution in [0.4, 0.5) is 5.69 Å². The molecule has 31 heavy (non-hydrogen) atoms. The number of carbonyl (C=O) groups is 1. The zero-order valence-corrected chi connectivity index (χ0v) is 18.0. The third kappa shape index (κ3) is 4.03. The minimum absolute atomic E-state index is 0.182. The smallest absolute Gasteiger partial charge is 0.256 e. The van der Waals surface area contributed by atoms with E-state index < -0.39 is 0 Å². The first-order valence-electron chi connectivity index (χ1n) is 10.1. The molecule has 154 valence electrons. The lowest BCUT2D eigenvalue weighted by atomic mass is 10.0. The fraction of sp³-hybridized carbons (Fsp3) is 0.200. The summed E-state index contributed by atoms with van der Waals surface area (Å²) < 4.78 is 1.85. The average Bonchev–Trinajstić information content (AvgIpc) is 3.00. The van der Waals surface area contributed by atoms with Crippen molar-refractivity contribution in [2.24, 2.45) is 0 Å². The van der Waals surface area contributed by atoms with E-state index in [1.54, 1.807) is 6.07 Å². The number of hydrogen-bond acceptors (Lipinski definition) is 4. The Hall–Kier alpha value is -3.98. The van der Waals surface area contributed by atoms with E-state index in [-0.39, 0.29) is 5.91 Å². The van der Waals surface area contributed by atoms with E-state index in [1.165, 1.54) is 0 Å². The van der Waals surface area contributed by atoms with Gasteiger partial charge in [-0.05, 0) is 63.6 Å². The largest absolute Gasteiger partial charge is 0.319 e. The molecule has 0 aliphatic carbocycles. The number of fused-ring (bicyclic) bond motifs is 1. The van der Waals surface area contributed by atoms with Crippen molar-refractivity contribution < 1.29 is 4.79 Å². The van der Waals surface area contributed by atoms with Crippen molar-refractivity contribution in [1.29, 1.82) is 5.26 Å². The number of benzene rings is 2. The van der Waals surface area contributed by atoms with E-state index in [2.05, 4.69) is 21.5 Å². The van der Waals surface area contributed by atoms with Crippen LogP contribution in [0.5, 0.6) is 0 Å². The monoisotopic (exact) mass is 409 g/mol. The summed E-state index contributed by atoms with van der Waals surface area (Å²) in [5.74, 6) is -0.182. The van der Waals surface area contributed by atoms with Gasteiger partial charge in [0, 0.05) is 11.1 Å². The molecule has 0 unspecified atom stereocenters. The number of nitrogens with zero attached hydrogens (tertiary/aromatic N) is 4. The number of rotatable bonds is 4. The molecule has 4 aromatic rings. The predicted octanol–water partition coefficient (Wildman–Crippen LogP) is 4.84. The second-order valence-corrected chi connectivity index (χ2v) is 7.80. The maximum absolute atomic E-state index is 13.2. The van der Waals surface area contributed by atoms with Gasteiger partial charge in [0.2, 0.25) is 0 Å². The highest BCUT2D eigenvalue weighted by atomic mass is 16.1. The summed E-state index contributed by atoms with van der Waals surface area (Å²) >= 11 is 0. The first-order valence-corrected chi connectivity index (χ1v) is 10.1. The number of nitriles is 1. The summed E-state index contributed by atoms with van der Waals surface area (Å²) in [5.41, 5.74) is 7.17. The quantitative estimate of drug-likeness (QED) is 0.523. The minimum Gasteiger partial charge on any atom is -0.319 e. The van der Waals surface area contributed by atoms with E-state index in [0.717, 1.165) is 39.1 Å². The topological polar surface area (TPSA) is 83.6 Å².